The number of nitrogens with one attached hydrogen (secondary N) is 1. The molecule has 0 saturated carbocycles. The van der Waals surface area contributed by atoms with Crippen LogP contribution in [-0.2, 0) is 10.8 Å². The smallest absolute Gasteiger partial charge is 0.198 e. The Morgan fingerprint density at radius 2 is 1.12 bits per heavy atom. The Morgan fingerprint density at radius 3 is 1.89 bits per heavy atom. The molecular weight excluding hydrogens is 675 g/mol. The van der Waals surface area contributed by atoms with E-state index in [-0.39, 0.29) is 10.8 Å². The summed E-state index contributed by atoms with van der Waals surface area (Å²) in [5.41, 5.74) is 23.6. The van der Waals surface area contributed by atoms with Crippen LogP contribution in [0.1, 0.15) is 55.5 Å². The molecule has 0 saturated heterocycles. The van der Waals surface area contributed by atoms with E-state index in [9.17, 15) is 0 Å². The van der Waals surface area contributed by atoms with Crippen molar-refractivity contribution in [3.8, 4) is 33.4 Å². The highest BCUT2D eigenvalue weighted by atomic mass is 15.1. The van der Waals surface area contributed by atoms with Crippen molar-refractivity contribution in [3.05, 3.63) is 173 Å². The molecule has 1 aromatic heterocycles. The van der Waals surface area contributed by atoms with Crippen LogP contribution in [0.3, 0.4) is 0 Å². The zero-order valence-corrected chi connectivity index (χ0v) is 32.5. The maximum Gasteiger partial charge on any atom is 0.198 e. The first-order valence-corrected chi connectivity index (χ1v) is 20.1. The summed E-state index contributed by atoms with van der Waals surface area (Å²) in [6, 6.07) is 55.4. The second-order valence-electron chi connectivity index (χ2n) is 17.5. The van der Waals surface area contributed by atoms with Gasteiger partial charge < -0.3 is 9.88 Å². The van der Waals surface area contributed by atoms with E-state index >= 15 is 0 Å². The molecule has 0 radical (unpaired) electrons. The minimum atomic E-state index is -0.0788. The van der Waals surface area contributed by atoms with Gasteiger partial charge in [-0.15, -0.1) is 0 Å². The van der Waals surface area contributed by atoms with Crippen LogP contribution in [0, 0.1) is 6.92 Å². The van der Waals surface area contributed by atoms with Gasteiger partial charge >= 0.3 is 0 Å². The third kappa shape index (κ3) is 4.18. The summed E-state index contributed by atoms with van der Waals surface area (Å²) in [5, 5.41) is 5.06. The van der Waals surface area contributed by atoms with Gasteiger partial charge in [-0.2, -0.15) is 0 Å². The molecule has 1 aliphatic heterocycles. The standard InChI is InChI=1S/C53H41BN2/c1-30-23-41(37-18-12-17-36-40-25-31-13-6-7-14-32(31)26-47(40)55-51(36)37)50-49(24-30)56(33-21-22-44-38(27-33)34-15-8-10-19-42(34)52(44,2)3)48-28-39-35-16-9-11-20-43(35)53(4,5)45(39)29-46(48)54-50/h6-29,54-55H,1-5H3. The molecule has 12 rings (SSSR count). The van der Waals surface area contributed by atoms with Gasteiger partial charge in [0.15, 0.2) is 7.28 Å². The van der Waals surface area contributed by atoms with Crippen LogP contribution in [0.5, 0.6) is 0 Å². The quantitative estimate of drug-likeness (QED) is 0.177. The van der Waals surface area contributed by atoms with Crippen LogP contribution in [0.4, 0.5) is 17.1 Å². The lowest BCUT2D eigenvalue weighted by Gasteiger charge is -2.36. The molecule has 0 fully saturated rings. The molecule has 266 valence electrons. The highest BCUT2D eigenvalue weighted by Crippen LogP contribution is 2.53. The number of benzene rings is 8. The molecule has 3 heteroatoms. The molecule has 0 spiro atoms. The molecule has 9 aromatic rings. The van der Waals surface area contributed by atoms with Crippen LogP contribution in [0.2, 0.25) is 0 Å². The largest absolute Gasteiger partial charge is 0.354 e. The van der Waals surface area contributed by atoms with E-state index < -0.39 is 0 Å². The minimum absolute atomic E-state index is 0.0494. The third-order valence-corrected chi connectivity index (χ3v) is 13.6. The number of fused-ring (bicyclic) bond motifs is 12. The summed E-state index contributed by atoms with van der Waals surface area (Å²) in [5.74, 6) is 0. The predicted molar refractivity (Wildman–Crippen MR) is 240 cm³/mol. The molecule has 1 N–H and O–H groups in total. The van der Waals surface area contributed by atoms with Gasteiger partial charge in [0, 0.05) is 49.7 Å². The summed E-state index contributed by atoms with van der Waals surface area (Å²) >= 11 is 0. The molecule has 2 aliphatic carbocycles. The third-order valence-electron chi connectivity index (χ3n) is 13.6. The van der Waals surface area contributed by atoms with E-state index in [2.05, 4.69) is 190 Å². The fourth-order valence-electron chi connectivity index (χ4n) is 10.8. The fourth-order valence-corrected chi connectivity index (χ4v) is 10.8. The van der Waals surface area contributed by atoms with Gasteiger partial charge in [-0.3, -0.25) is 0 Å². The molecule has 3 aliphatic rings. The Labute approximate surface area is 328 Å². The first-order chi connectivity index (χ1) is 27.2. The van der Waals surface area contributed by atoms with Crippen molar-refractivity contribution in [2.45, 2.75) is 45.4 Å². The SMILES string of the molecule is Cc1cc(-c2cccc3c2[nH]c2cc4ccccc4cc23)c2c(c1)N(c1ccc3c(c1)-c1ccccc1C3(C)C)c1cc3c(cc1B2)C(C)(C)c1ccccc1-3. The molecule has 2 heterocycles. The Bertz CT molecular complexity index is 3200. The molecule has 0 bridgehead atoms. The van der Waals surface area contributed by atoms with Crippen molar-refractivity contribution in [2.24, 2.45) is 0 Å². The first kappa shape index (κ1) is 32.0. The monoisotopic (exact) mass is 716 g/mol. The number of aryl methyl sites for hydroxylation is 1. The van der Waals surface area contributed by atoms with E-state index in [0.29, 0.717) is 0 Å². The van der Waals surface area contributed by atoms with Crippen LogP contribution in [0.25, 0.3) is 66.0 Å². The fraction of sp³-hybridized carbons (Fsp3) is 0.132. The Kier molecular flexibility index (Phi) is 6.24. The zero-order valence-electron chi connectivity index (χ0n) is 32.5. The van der Waals surface area contributed by atoms with Crippen LogP contribution in [-0.4, -0.2) is 12.3 Å². The normalized spacial score (nSPS) is 15.3. The zero-order chi connectivity index (χ0) is 37.7. The van der Waals surface area contributed by atoms with Crippen molar-refractivity contribution in [1.82, 2.24) is 4.98 Å². The summed E-state index contributed by atoms with van der Waals surface area (Å²) in [6.45, 7) is 11.8. The predicted octanol–water partition coefficient (Wildman–Crippen LogP) is 12.2. The first-order valence-electron chi connectivity index (χ1n) is 20.1. The van der Waals surface area contributed by atoms with Crippen molar-refractivity contribution in [3.63, 3.8) is 0 Å². The van der Waals surface area contributed by atoms with E-state index in [0.717, 1.165) is 7.28 Å². The molecule has 0 amide bonds. The number of hydrogen-bond donors (Lipinski definition) is 1. The topological polar surface area (TPSA) is 19.0 Å². The van der Waals surface area contributed by atoms with Crippen LogP contribution >= 0.6 is 0 Å². The molecule has 2 nitrogen and oxygen atoms in total. The van der Waals surface area contributed by atoms with E-state index in [1.807, 2.05) is 0 Å². The lowest BCUT2D eigenvalue weighted by atomic mass is 9.57. The summed E-state index contributed by atoms with van der Waals surface area (Å²) in [6.07, 6.45) is 0. The highest BCUT2D eigenvalue weighted by Gasteiger charge is 2.40. The average Bonchev–Trinajstić information content (AvgIpc) is 3.77. The number of aromatic amines is 1. The molecular formula is C53H41BN2. The Balaban J connectivity index is 1.13. The van der Waals surface area contributed by atoms with Gasteiger partial charge in [-0.05, 0) is 115 Å². The average molecular weight is 717 g/mol. The van der Waals surface area contributed by atoms with Gasteiger partial charge in [0.05, 0.1) is 5.52 Å². The highest BCUT2D eigenvalue weighted by molar-refractivity contribution is 6.73. The van der Waals surface area contributed by atoms with E-state index in [1.165, 1.54) is 122 Å². The summed E-state index contributed by atoms with van der Waals surface area (Å²) in [4.78, 5) is 6.50. The number of H-pyrrole nitrogens is 1. The summed E-state index contributed by atoms with van der Waals surface area (Å²) < 4.78 is 0. The Morgan fingerprint density at radius 1 is 0.482 bits per heavy atom. The van der Waals surface area contributed by atoms with Crippen molar-refractivity contribution < 1.29 is 0 Å². The molecule has 0 atom stereocenters. The maximum absolute atomic E-state index is 3.91. The molecule has 0 unspecified atom stereocenters. The lowest BCUT2D eigenvalue weighted by Crippen LogP contribution is -2.41. The van der Waals surface area contributed by atoms with Crippen molar-refractivity contribution >= 4 is 67.8 Å². The Hall–Kier alpha value is -6.32. The molecule has 8 aromatic carbocycles. The van der Waals surface area contributed by atoms with Gasteiger partial charge in [0.2, 0.25) is 0 Å². The lowest BCUT2D eigenvalue weighted by molar-refractivity contribution is 0.660. The number of nitrogens with zero attached hydrogens (tertiary/aromatic N) is 1. The van der Waals surface area contributed by atoms with Crippen molar-refractivity contribution in [1.29, 1.82) is 0 Å². The number of para-hydroxylation sites is 1. The van der Waals surface area contributed by atoms with E-state index in [4.69, 9.17) is 0 Å². The van der Waals surface area contributed by atoms with Gasteiger partial charge in [0.25, 0.3) is 0 Å². The van der Waals surface area contributed by atoms with Crippen LogP contribution in [0.15, 0.2) is 146 Å². The second kappa shape index (κ2) is 10.9. The van der Waals surface area contributed by atoms with Crippen LogP contribution < -0.4 is 15.8 Å². The van der Waals surface area contributed by atoms with Gasteiger partial charge in [-0.25, -0.2) is 0 Å². The number of anilines is 3. The van der Waals surface area contributed by atoms with Gasteiger partial charge in [0.1, 0.15) is 0 Å². The number of hydrogen-bond acceptors (Lipinski definition) is 1. The van der Waals surface area contributed by atoms with Gasteiger partial charge in [-0.1, -0.05) is 142 Å². The van der Waals surface area contributed by atoms with E-state index in [1.54, 1.807) is 0 Å². The number of aromatic nitrogens is 1. The molecule has 56 heavy (non-hydrogen) atoms. The summed E-state index contributed by atoms with van der Waals surface area (Å²) in [7, 11) is 0.859. The maximum atomic E-state index is 3.91. The second-order valence-corrected chi connectivity index (χ2v) is 17.5. The van der Waals surface area contributed by atoms with Crippen molar-refractivity contribution in [2.75, 3.05) is 4.90 Å². The minimum Gasteiger partial charge on any atom is -0.354 e. The number of rotatable bonds is 2.